The van der Waals surface area contributed by atoms with Crippen LogP contribution in [-0.4, -0.2) is 38.7 Å². The van der Waals surface area contributed by atoms with E-state index in [1.54, 1.807) is 17.0 Å². The van der Waals surface area contributed by atoms with Gasteiger partial charge in [-0.25, -0.2) is 13.2 Å². The Morgan fingerprint density at radius 2 is 1.82 bits per heavy atom. The van der Waals surface area contributed by atoms with Crippen molar-refractivity contribution in [2.75, 3.05) is 13.3 Å². The second kappa shape index (κ2) is 6.69. The molecule has 122 valence electrons. The predicted molar refractivity (Wildman–Crippen MR) is 87.2 cm³/mol. The summed E-state index contributed by atoms with van der Waals surface area (Å²) < 4.78 is 22.5. The highest BCUT2D eigenvalue weighted by Crippen LogP contribution is 2.34. The molecule has 1 aliphatic carbocycles. The van der Waals surface area contributed by atoms with Crippen LogP contribution in [0, 0.1) is 5.92 Å². The topological polar surface area (TPSA) is 66.5 Å². The van der Waals surface area contributed by atoms with E-state index >= 15 is 0 Å². The molecule has 1 saturated carbocycles. The number of carbonyl (C=O) groups excluding carboxylic acids is 1. The van der Waals surface area contributed by atoms with Crippen molar-refractivity contribution < 1.29 is 13.2 Å². The van der Waals surface area contributed by atoms with Crippen LogP contribution in [0.2, 0.25) is 0 Å². The maximum Gasteiger partial charge on any atom is 0.317 e. The second-order valence-electron chi connectivity index (χ2n) is 6.23. The van der Waals surface area contributed by atoms with Gasteiger partial charge in [0.1, 0.15) is 0 Å². The lowest BCUT2D eigenvalue weighted by Crippen LogP contribution is -2.42. The fraction of sp³-hybridized carbons (Fsp3) is 0.562. The highest BCUT2D eigenvalue weighted by molar-refractivity contribution is 7.89. The molecule has 1 N–H and O–H groups in total. The third kappa shape index (κ3) is 5.02. The van der Waals surface area contributed by atoms with Crippen LogP contribution in [0.25, 0.3) is 0 Å². The number of hydrogen-bond donors (Lipinski definition) is 1. The van der Waals surface area contributed by atoms with E-state index in [4.69, 9.17) is 0 Å². The maximum atomic E-state index is 12.1. The zero-order valence-corrected chi connectivity index (χ0v) is 14.2. The molecule has 2 amide bonds. The predicted octanol–water partition coefficient (Wildman–Crippen LogP) is 2.17. The Hall–Kier alpha value is -1.56. The van der Waals surface area contributed by atoms with Gasteiger partial charge in [-0.05, 0) is 36.8 Å². The van der Waals surface area contributed by atoms with Crippen molar-refractivity contribution in [3.8, 4) is 0 Å². The summed E-state index contributed by atoms with van der Waals surface area (Å²) in [6.07, 6.45) is 3.64. The first kappa shape index (κ1) is 16.8. The Balaban J connectivity index is 1.84. The molecular weight excluding hydrogens is 300 g/mol. The minimum absolute atomic E-state index is 0.0429. The molecule has 5 nitrogen and oxygen atoms in total. The van der Waals surface area contributed by atoms with E-state index in [0.717, 1.165) is 11.1 Å². The van der Waals surface area contributed by atoms with E-state index in [9.17, 15) is 13.2 Å². The van der Waals surface area contributed by atoms with Gasteiger partial charge >= 0.3 is 6.03 Å². The van der Waals surface area contributed by atoms with Gasteiger partial charge < -0.3 is 10.2 Å². The number of benzene rings is 1. The van der Waals surface area contributed by atoms with Gasteiger partial charge in [-0.15, -0.1) is 0 Å². The lowest BCUT2D eigenvalue weighted by atomic mass is 10.1. The van der Waals surface area contributed by atoms with E-state index in [1.165, 1.54) is 19.1 Å². The molecule has 0 radical (unpaired) electrons. The Labute approximate surface area is 132 Å². The number of nitrogens with zero attached hydrogens (tertiary/aromatic N) is 1. The number of urea groups is 1. The molecule has 1 aromatic rings. The van der Waals surface area contributed by atoms with Crippen molar-refractivity contribution in [3.63, 3.8) is 0 Å². The van der Waals surface area contributed by atoms with E-state index < -0.39 is 9.84 Å². The third-order valence-corrected chi connectivity index (χ3v) is 4.99. The van der Waals surface area contributed by atoms with Gasteiger partial charge in [0.15, 0.2) is 9.84 Å². The van der Waals surface area contributed by atoms with Crippen molar-refractivity contribution in [1.82, 2.24) is 10.2 Å². The first-order valence-corrected chi connectivity index (χ1v) is 9.58. The summed E-state index contributed by atoms with van der Waals surface area (Å²) in [6, 6.07) is 7.49. The highest BCUT2D eigenvalue weighted by atomic mass is 32.2. The van der Waals surface area contributed by atoms with E-state index in [-0.39, 0.29) is 17.8 Å². The summed E-state index contributed by atoms with van der Waals surface area (Å²) in [5.41, 5.74) is 1.72. The molecule has 1 aliphatic rings. The molecule has 1 unspecified atom stereocenters. The number of sulfone groups is 1. The van der Waals surface area contributed by atoms with Crippen LogP contribution in [0.5, 0.6) is 0 Å². The van der Waals surface area contributed by atoms with Gasteiger partial charge in [0, 0.05) is 25.9 Å². The van der Waals surface area contributed by atoms with Gasteiger partial charge in [-0.1, -0.05) is 24.3 Å². The van der Waals surface area contributed by atoms with Crippen molar-refractivity contribution in [1.29, 1.82) is 0 Å². The third-order valence-electron chi connectivity index (χ3n) is 4.13. The molecule has 0 heterocycles. The van der Waals surface area contributed by atoms with Gasteiger partial charge in [0.05, 0.1) is 5.75 Å². The maximum absolute atomic E-state index is 12.1. The SMILES string of the molecule is CC(C1CC1)N(C)C(=O)NCc1ccc(CS(C)(=O)=O)cc1. The average Bonchev–Trinajstić information content (AvgIpc) is 3.27. The lowest BCUT2D eigenvalue weighted by Gasteiger charge is -2.25. The summed E-state index contributed by atoms with van der Waals surface area (Å²) in [7, 11) is -1.19. The van der Waals surface area contributed by atoms with Gasteiger partial charge in [-0.3, -0.25) is 0 Å². The number of nitrogens with one attached hydrogen (secondary N) is 1. The smallest absolute Gasteiger partial charge is 0.317 e. The average molecular weight is 324 g/mol. The van der Waals surface area contributed by atoms with Crippen molar-refractivity contribution >= 4 is 15.9 Å². The van der Waals surface area contributed by atoms with Crippen LogP contribution in [0.1, 0.15) is 30.9 Å². The summed E-state index contributed by atoms with van der Waals surface area (Å²) >= 11 is 0. The molecule has 0 aliphatic heterocycles. The summed E-state index contributed by atoms with van der Waals surface area (Å²) in [4.78, 5) is 13.8. The lowest BCUT2D eigenvalue weighted by molar-refractivity contribution is 0.187. The van der Waals surface area contributed by atoms with Gasteiger partial charge in [0.2, 0.25) is 0 Å². The monoisotopic (exact) mass is 324 g/mol. The Bertz CT molecular complexity index is 621. The molecule has 6 heteroatoms. The minimum atomic E-state index is -3.02. The van der Waals surface area contributed by atoms with E-state index in [0.29, 0.717) is 12.5 Å². The molecule has 0 spiro atoms. The highest BCUT2D eigenvalue weighted by Gasteiger charge is 2.32. The van der Waals surface area contributed by atoms with Gasteiger partial charge in [0.25, 0.3) is 0 Å². The number of rotatable bonds is 6. The molecule has 0 bridgehead atoms. The molecule has 22 heavy (non-hydrogen) atoms. The van der Waals surface area contributed by atoms with Crippen LogP contribution in [0.3, 0.4) is 0 Å². The molecule has 2 rings (SSSR count). The van der Waals surface area contributed by atoms with Crippen molar-refractivity contribution in [2.45, 2.75) is 38.1 Å². The fourth-order valence-electron chi connectivity index (χ4n) is 2.44. The fourth-order valence-corrected chi connectivity index (χ4v) is 3.24. The molecule has 1 atom stereocenters. The van der Waals surface area contributed by atoms with Crippen LogP contribution >= 0.6 is 0 Å². The van der Waals surface area contributed by atoms with Crippen molar-refractivity contribution in [3.05, 3.63) is 35.4 Å². The molecule has 0 aromatic heterocycles. The van der Waals surface area contributed by atoms with Crippen LogP contribution < -0.4 is 5.32 Å². The molecule has 1 fully saturated rings. The largest absolute Gasteiger partial charge is 0.334 e. The minimum Gasteiger partial charge on any atom is -0.334 e. The van der Waals surface area contributed by atoms with Gasteiger partial charge in [-0.2, -0.15) is 0 Å². The number of carbonyl (C=O) groups is 1. The van der Waals surface area contributed by atoms with Crippen LogP contribution in [-0.2, 0) is 22.1 Å². The standard InChI is InChI=1S/C16H24N2O3S/c1-12(15-8-9-15)18(2)16(19)17-10-13-4-6-14(7-5-13)11-22(3,20)21/h4-7,12,15H,8-11H2,1-3H3,(H,17,19). The zero-order valence-electron chi connectivity index (χ0n) is 13.4. The second-order valence-corrected chi connectivity index (χ2v) is 8.37. The Morgan fingerprint density at radius 3 is 2.32 bits per heavy atom. The quantitative estimate of drug-likeness (QED) is 0.872. The number of hydrogen-bond acceptors (Lipinski definition) is 3. The van der Waals surface area contributed by atoms with Crippen LogP contribution in [0.15, 0.2) is 24.3 Å². The first-order valence-electron chi connectivity index (χ1n) is 7.52. The van der Waals surface area contributed by atoms with Crippen molar-refractivity contribution in [2.24, 2.45) is 5.92 Å². The van der Waals surface area contributed by atoms with E-state index in [1.807, 2.05) is 19.2 Å². The van der Waals surface area contributed by atoms with Crippen LogP contribution in [0.4, 0.5) is 4.79 Å². The molecule has 0 saturated heterocycles. The molecular formula is C16H24N2O3S. The zero-order chi connectivity index (χ0) is 16.3. The Kier molecular flexibility index (Phi) is 5.11. The first-order chi connectivity index (χ1) is 10.3. The Morgan fingerprint density at radius 1 is 1.27 bits per heavy atom. The summed E-state index contributed by atoms with van der Waals surface area (Å²) in [5, 5.41) is 2.90. The van der Waals surface area contributed by atoms with E-state index in [2.05, 4.69) is 12.2 Å². The normalized spacial score (nSPS) is 16.1. The molecule has 1 aromatic carbocycles. The summed E-state index contributed by atoms with van der Waals surface area (Å²) in [5.74, 6) is 0.687. The number of amides is 2. The summed E-state index contributed by atoms with van der Waals surface area (Å²) in [6.45, 7) is 2.52.